The molecule has 5 nitrogen and oxygen atoms in total. The van der Waals surface area contributed by atoms with Crippen LogP contribution in [0.25, 0.3) is 10.6 Å². The molecule has 1 fully saturated rings. The number of likely N-dealkylation sites (tertiary alicyclic amines) is 1. The number of benzene rings is 1. The molecule has 1 aromatic heterocycles. The minimum atomic E-state index is -0.201. The van der Waals surface area contributed by atoms with E-state index in [0.717, 1.165) is 29.1 Å². The van der Waals surface area contributed by atoms with Gasteiger partial charge in [0, 0.05) is 24.0 Å². The average Bonchev–Trinajstić information content (AvgIpc) is 3.11. The van der Waals surface area contributed by atoms with Gasteiger partial charge in [0.05, 0.1) is 24.6 Å². The quantitative estimate of drug-likeness (QED) is 0.771. The molecule has 2 aromatic rings. The molecule has 0 spiro atoms. The van der Waals surface area contributed by atoms with Gasteiger partial charge >= 0.3 is 5.97 Å². The predicted molar refractivity (Wildman–Crippen MR) is 97.2 cm³/mol. The highest BCUT2D eigenvalue weighted by Crippen LogP contribution is 2.24. The fraction of sp³-hybridized carbons (Fsp3) is 0.421. The molecule has 132 valence electrons. The summed E-state index contributed by atoms with van der Waals surface area (Å²) in [7, 11) is 0. The van der Waals surface area contributed by atoms with E-state index in [2.05, 4.69) is 4.98 Å². The third-order valence-corrected chi connectivity index (χ3v) is 5.24. The lowest BCUT2D eigenvalue weighted by Crippen LogP contribution is -2.43. The Morgan fingerprint density at radius 3 is 2.88 bits per heavy atom. The summed E-state index contributed by atoms with van der Waals surface area (Å²) in [6.07, 6.45) is 1.90. The lowest BCUT2D eigenvalue weighted by Gasteiger charge is -2.31. The number of nitrogens with zero attached hydrogens (tertiary/aromatic N) is 2. The number of aromatic nitrogens is 1. The van der Waals surface area contributed by atoms with Crippen molar-refractivity contribution in [2.75, 3.05) is 19.7 Å². The number of esters is 1. The van der Waals surface area contributed by atoms with Crippen LogP contribution in [0, 0.1) is 5.92 Å². The Hall–Kier alpha value is -2.21. The summed E-state index contributed by atoms with van der Waals surface area (Å²) < 4.78 is 5.09. The van der Waals surface area contributed by atoms with E-state index >= 15 is 0 Å². The maximum atomic E-state index is 12.6. The van der Waals surface area contributed by atoms with Gasteiger partial charge in [-0.3, -0.25) is 9.59 Å². The number of carbonyl (C=O) groups is 2. The van der Waals surface area contributed by atoms with Crippen LogP contribution in [0.1, 0.15) is 25.5 Å². The topological polar surface area (TPSA) is 59.5 Å². The Morgan fingerprint density at radius 1 is 1.32 bits per heavy atom. The van der Waals surface area contributed by atoms with Gasteiger partial charge in [-0.25, -0.2) is 4.98 Å². The zero-order valence-electron chi connectivity index (χ0n) is 14.3. The summed E-state index contributed by atoms with van der Waals surface area (Å²) in [5, 5.41) is 2.86. The van der Waals surface area contributed by atoms with Crippen LogP contribution >= 0.6 is 11.3 Å². The molecule has 0 radical (unpaired) electrons. The van der Waals surface area contributed by atoms with Gasteiger partial charge < -0.3 is 9.64 Å². The van der Waals surface area contributed by atoms with Crippen LogP contribution in [-0.4, -0.2) is 41.5 Å². The molecule has 6 heteroatoms. The number of piperidine rings is 1. The van der Waals surface area contributed by atoms with Crippen molar-refractivity contribution < 1.29 is 14.3 Å². The number of hydrogen-bond donors (Lipinski definition) is 0. The molecule has 0 aliphatic carbocycles. The van der Waals surface area contributed by atoms with Gasteiger partial charge in [-0.1, -0.05) is 30.3 Å². The van der Waals surface area contributed by atoms with Crippen LogP contribution in [0.4, 0.5) is 0 Å². The van der Waals surface area contributed by atoms with Crippen LogP contribution in [0.5, 0.6) is 0 Å². The van der Waals surface area contributed by atoms with Crippen molar-refractivity contribution in [2.45, 2.75) is 26.2 Å². The number of ether oxygens (including phenoxy) is 1. The van der Waals surface area contributed by atoms with Crippen LogP contribution in [-0.2, 0) is 20.7 Å². The van der Waals surface area contributed by atoms with Crippen LogP contribution in [0.3, 0.4) is 0 Å². The second-order valence-electron chi connectivity index (χ2n) is 6.12. The highest BCUT2D eigenvalue weighted by Gasteiger charge is 2.29. The van der Waals surface area contributed by atoms with E-state index in [0.29, 0.717) is 19.7 Å². The molecular formula is C19H22N2O3S. The van der Waals surface area contributed by atoms with Crippen molar-refractivity contribution in [3.63, 3.8) is 0 Å². The normalized spacial score (nSPS) is 17.3. The van der Waals surface area contributed by atoms with E-state index in [-0.39, 0.29) is 24.2 Å². The van der Waals surface area contributed by atoms with E-state index < -0.39 is 0 Å². The van der Waals surface area contributed by atoms with E-state index in [1.54, 1.807) is 23.2 Å². The molecule has 1 aliphatic heterocycles. The summed E-state index contributed by atoms with van der Waals surface area (Å²) >= 11 is 1.55. The Morgan fingerprint density at radius 2 is 2.12 bits per heavy atom. The Kier molecular flexibility index (Phi) is 5.81. The Bertz CT molecular complexity index is 729. The molecular weight excluding hydrogens is 336 g/mol. The maximum Gasteiger partial charge on any atom is 0.310 e. The largest absolute Gasteiger partial charge is 0.466 e. The van der Waals surface area contributed by atoms with Crippen molar-refractivity contribution >= 4 is 23.2 Å². The fourth-order valence-corrected chi connectivity index (χ4v) is 3.85. The average molecular weight is 358 g/mol. The molecule has 1 atom stereocenters. The van der Waals surface area contributed by atoms with E-state index in [1.165, 1.54) is 0 Å². The Labute approximate surface area is 151 Å². The minimum Gasteiger partial charge on any atom is -0.466 e. The minimum absolute atomic E-state index is 0.0268. The number of rotatable bonds is 5. The first-order valence-electron chi connectivity index (χ1n) is 8.61. The zero-order chi connectivity index (χ0) is 17.6. The molecule has 2 heterocycles. The smallest absolute Gasteiger partial charge is 0.310 e. The van der Waals surface area contributed by atoms with Gasteiger partial charge in [-0.05, 0) is 19.8 Å². The third-order valence-electron chi connectivity index (χ3n) is 4.30. The number of carbonyl (C=O) groups excluding carboxylic acids is 2. The van der Waals surface area contributed by atoms with Gasteiger partial charge in [0.1, 0.15) is 5.01 Å². The molecule has 1 aliphatic rings. The molecule has 0 N–H and O–H groups in total. The summed E-state index contributed by atoms with van der Waals surface area (Å²) in [5.41, 5.74) is 1.85. The third kappa shape index (κ3) is 4.45. The highest BCUT2D eigenvalue weighted by atomic mass is 32.1. The van der Waals surface area contributed by atoms with Gasteiger partial charge in [0.15, 0.2) is 0 Å². The van der Waals surface area contributed by atoms with Gasteiger partial charge in [-0.15, -0.1) is 11.3 Å². The SMILES string of the molecule is CCOC(=O)C1CCCN(C(=O)Cc2csc(-c3ccccc3)n2)C1. The predicted octanol–water partition coefficient (Wildman–Crippen LogP) is 3.15. The number of thiazole rings is 1. The van der Waals surface area contributed by atoms with E-state index in [4.69, 9.17) is 4.74 Å². The van der Waals surface area contributed by atoms with Crippen LogP contribution < -0.4 is 0 Å². The first kappa shape index (κ1) is 17.6. The van der Waals surface area contributed by atoms with Crippen molar-refractivity contribution in [3.05, 3.63) is 41.4 Å². The molecule has 0 saturated carbocycles. The second-order valence-corrected chi connectivity index (χ2v) is 6.98. The van der Waals surface area contributed by atoms with Crippen molar-refractivity contribution in [3.8, 4) is 10.6 Å². The standard InChI is InChI=1S/C19H22N2O3S/c1-2-24-19(23)15-9-6-10-21(12-15)17(22)11-16-13-25-18(20-16)14-7-4-3-5-8-14/h3-5,7-8,13,15H,2,6,9-12H2,1H3. The lowest BCUT2D eigenvalue weighted by molar-refractivity contribution is -0.151. The molecule has 1 aromatic carbocycles. The first-order chi connectivity index (χ1) is 12.2. The fourth-order valence-electron chi connectivity index (χ4n) is 3.02. The molecule has 3 rings (SSSR count). The first-order valence-corrected chi connectivity index (χ1v) is 9.49. The second kappa shape index (κ2) is 8.25. The zero-order valence-corrected chi connectivity index (χ0v) is 15.1. The molecule has 1 amide bonds. The van der Waals surface area contributed by atoms with E-state index in [9.17, 15) is 9.59 Å². The highest BCUT2D eigenvalue weighted by molar-refractivity contribution is 7.13. The Balaban J connectivity index is 1.60. The van der Waals surface area contributed by atoms with Gasteiger partial charge in [0.25, 0.3) is 0 Å². The monoisotopic (exact) mass is 358 g/mol. The lowest BCUT2D eigenvalue weighted by atomic mass is 9.98. The van der Waals surface area contributed by atoms with Gasteiger partial charge in [-0.2, -0.15) is 0 Å². The molecule has 1 unspecified atom stereocenters. The summed E-state index contributed by atoms with van der Waals surface area (Å²) in [4.78, 5) is 30.8. The van der Waals surface area contributed by atoms with Crippen molar-refractivity contribution in [1.82, 2.24) is 9.88 Å². The van der Waals surface area contributed by atoms with Crippen molar-refractivity contribution in [2.24, 2.45) is 5.92 Å². The number of amides is 1. The van der Waals surface area contributed by atoms with E-state index in [1.807, 2.05) is 35.7 Å². The maximum absolute atomic E-state index is 12.6. The van der Waals surface area contributed by atoms with Crippen LogP contribution in [0.2, 0.25) is 0 Å². The van der Waals surface area contributed by atoms with Crippen molar-refractivity contribution in [1.29, 1.82) is 0 Å². The van der Waals surface area contributed by atoms with Gasteiger partial charge in [0.2, 0.25) is 5.91 Å². The summed E-state index contributed by atoms with van der Waals surface area (Å²) in [6, 6.07) is 9.95. The molecule has 25 heavy (non-hydrogen) atoms. The summed E-state index contributed by atoms with van der Waals surface area (Å²) in [5.74, 6) is -0.369. The number of hydrogen-bond acceptors (Lipinski definition) is 5. The van der Waals surface area contributed by atoms with Crippen LogP contribution in [0.15, 0.2) is 35.7 Å². The molecule has 0 bridgehead atoms. The summed E-state index contributed by atoms with van der Waals surface area (Å²) in [6.45, 7) is 3.33. The molecule has 1 saturated heterocycles.